The molecule has 148 valence electrons. The van der Waals surface area contributed by atoms with Crippen LogP contribution >= 0.6 is 0 Å². The second-order valence-corrected chi connectivity index (χ2v) is 9.48. The Kier molecular flexibility index (Phi) is 4.37. The smallest absolute Gasteiger partial charge is 0.257 e. The molecular weight excluding hydrogens is 386 g/mol. The van der Waals surface area contributed by atoms with E-state index in [-0.39, 0.29) is 4.90 Å². The third kappa shape index (κ3) is 3.10. The van der Waals surface area contributed by atoms with Crippen molar-refractivity contribution in [3.05, 3.63) is 66.0 Å². The van der Waals surface area contributed by atoms with E-state index in [4.69, 9.17) is 4.52 Å². The topological polar surface area (TPSA) is 76.3 Å². The Morgan fingerprint density at radius 3 is 2.62 bits per heavy atom. The molecule has 1 aliphatic heterocycles. The lowest BCUT2D eigenvalue weighted by atomic mass is 9.87. The summed E-state index contributed by atoms with van der Waals surface area (Å²) in [6.45, 7) is 2.77. The van der Waals surface area contributed by atoms with Gasteiger partial charge < -0.3 is 4.52 Å². The van der Waals surface area contributed by atoms with Gasteiger partial charge in [0, 0.05) is 13.1 Å². The molecule has 2 aromatic carbocycles. The third-order valence-corrected chi connectivity index (χ3v) is 7.70. The molecule has 0 atom stereocenters. The van der Waals surface area contributed by atoms with E-state index in [1.807, 2.05) is 6.07 Å². The second-order valence-electron chi connectivity index (χ2n) is 7.54. The van der Waals surface area contributed by atoms with Crippen molar-refractivity contribution in [3.8, 4) is 0 Å². The van der Waals surface area contributed by atoms with Crippen LogP contribution in [0.4, 0.5) is 0 Å². The maximum Gasteiger partial charge on any atom is 0.257 e. The lowest BCUT2D eigenvalue weighted by Gasteiger charge is -2.32. The molecule has 29 heavy (non-hydrogen) atoms. The van der Waals surface area contributed by atoms with Gasteiger partial charge in [0.25, 0.3) is 5.71 Å². The number of hydrogen-bond acceptors (Lipinski definition) is 5. The quantitative estimate of drug-likeness (QED) is 0.507. The number of fused-ring (bicyclic) bond motifs is 2. The highest BCUT2D eigenvalue weighted by molar-refractivity contribution is 7.89. The van der Waals surface area contributed by atoms with Crippen LogP contribution in [0.15, 0.2) is 64.1 Å². The zero-order valence-corrected chi connectivity index (χ0v) is 16.9. The van der Waals surface area contributed by atoms with E-state index >= 15 is 0 Å². The Morgan fingerprint density at radius 2 is 1.79 bits per heavy atom. The zero-order chi connectivity index (χ0) is 20.0. The van der Waals surface area contributed by atoms with Gasteiger partial charge in [0.2, 0.25) is 10.0 Å². The summed E-state index contributed by atoms with van der Waals surface area (Å²) in [5, 5.41) is 6.97. The Balaban J connectivity index is 1.39. The molecule has 0 bridgehead atoms. The molecule has 3 heterocycles. The molecule has 0 radical (unpaired) electrons. The molecule has 0 saturated carbocycles. The van der Waals surface area contributed by atoms with E-state index in [1.165, 1.54) is 22.5 Å². The fraction of sp³-hybridized carbons (Fsp3) is 0.273. The standard InChI is InChI=1S/C22H21N3O3S/c1-15-21-13-18(14-23-22(21)28-24-15)29(26,27)25-11-9-17(10-12-25)20-8-4-6-16-5-2-3-7-19(16)20/h2-8,13-14,17H,9-12H2,1H3. The van der Waals surface area contributed by atoms with Gasteiger partial charge in [-0.2, -0.15) is 4.31 Å². The van der Waals surface area contributed by atoms with Crippen LogP contribution in [-0.2, 0) is 10.0 Å². The van der Waals surface area contributed by atoms with Gasteiger partial charge in [-0.05, 0) is 48.1 Å². The Labute approximate surface area is 169 Å². The van der Waals surface area contributed by atoms with Gasteiger partial charge in [-0.1, -0.05) is 47.6 Å². The average Bonchev–Trinajstić information content (AvgIpc) is 3.14. The molecular formula is C22H21N3O3S. The van der Waals surface area contributed by atoms with Crippen molar-refractivity contribution < 1.29 is 12.9 Å². The number of piperidine rings is 1. The van der Waals surface area contributed by atoms with Crippen LogP contribution in [0.3, 0.4) is 0 Å². The Hall–Kier alpha value is -2.77. The van der Waals surface area contributed by atoms with E-state index in [9.17, 15) is 8.42 Å². The highest BCUT2D eigenvalue weighted by Crippen LogP contribution is 2.34. The van der Waals surface area contributed by atoms with Crippen LogP contribution in [0.25, 0.3) is 21.9 Å². The molecule has 0 spiro atoms. The fourth-order valence-corrected chi connectivity index (χ4v) is 5.67. The molecule has 1 fully saturated rings. The molecule has 0 amide bonds. The van der Waals surface area contributed by atoms with Gasteiger partial charge in [0.1, 0.15) is 4.90 Å². The Morgan fingerprint density at radius 1 is 1.03 bits per heavy atom. The first-order valence-electron chi connectivity index (χ1n) is 9.74. The van der Waals surface area contributed by atoms with E-state index in [0.29, 0.717) is 35.8 Å². The molecule has 1 saturated heterocycles. The summed E-state index contributed by atoms with van der Waals surface area (Å²) < 4.78 is 33.0. The molecule has 1 aliphatic rings. The van der Waals surface area contributed by atoms with Crippen LogP contribution in [0, 0.1) is 6.92 Å². The van der Waals surface area contributed by atoms with Crippen molar-refractivity contribution >= 4 is 31.9 Å². The van der Waals surface area contributed by atoms with Gasteiger partial charge in [-0.15, -0.1) is 0 Å². The van der Waals surface area contributed by atoms with Crippen molar-refractivity contribution in [1.82, 2.24) is 14.4 Å². The lowest BCUT2D eigenvalue weighted by Crippen LogP contribution is -2.38. The van der Waals surface area contributed by atoms with Gasteiger partial charge in [-0.25, -0.2) is 13.4 Å². The molecule has 6 nitrogen and oxygen atoms in total. The molecule has 5 rings (SSSR count). The van der Waals surface area contributed by atoms with Crippen molar-refractivity contribution in [2.45, 2.75) is 30.6 Å². The zero-order valence-electron chi connectivity index (χ0n) is 16.1. The summed E-state index contributed by atoms with van der Waals surface area (Å²) >= 11 is 0. The van der Waals surface area contributed by atoms with Crippen molar-refractivity contribution in [2.75, 3.05) is 13.1 Å². The molecule has 0 aliphatic carbocycles. The maximum atomic E-state index is 13.2. The average molecular weight is 407 g/mol. The van der Waals surface area contributed by atoms with Crippen LogP contribution in [0.2, 0.25) is 0 Å². The number of hydrogen-bond donors (Lipinski definition) is 0. The highest BCUT2D eigenvalue weighted by Gasteiger charge is 2.31. The minimum atomic E-state index is -3.59. The highest BCUT2D eigenvalue weighted by atomic mass is 32.2. The predicted molar refractivity (Wildman–Crippen MR) is 111 cm³/mol. The number of aromatic nitrogens is 2. The predicted octanol–water partition coefficient (Wildman–Crippen LogP) is 4.25. The summed E-state index contributed by atoms with van der Waals surface area (Å²) in [6.07, 6.45) is 2.96. The van der Waals surface area contributed by atoms with Gasteiger partial charge >= 0.3 is 0 Å². The molecule has 0 unspecified atom stereocenters. The molecule has 7 heteroatoms. The van der Waals surface area contributed by atoms with Crippen LogP contribution < -0.4 is 0 Å². The summed E-state index contributed by atoms with van der Waals surface area (Å²) in [6, 6.07) is 16.4. The van der Waals surface area contributed by atoms with E-state index in [1.54, 1.807) is 17.3 Å². The minimum absolute atomic E-state index is 0.194. The summed E-state index contributed by atoms with van der Waals surface area (Å²) in [5.74, 6) is 0.355. The van der Waals surface area contributed by atoms with Crippen molar-refractivity contribution in [2.24, 2.45) is 0 Å². The van der Waals surface area contributed by atoms with Gasteiger partial charge in [0.15, 0.2) is 0 Å². The molecule has 2 aromatic heterocycles. The van der Waals surface area contributed by atoms with Crippen LogP contribution in [0.1, 0.15) is 30.0 Å². The van der Waals surface area contributed by atoms with E-state index in [2.05, 4.69) is 46.5 Å². The first-order chi connectivity index (χ1) is 14.0. The number of pyridine rings is 1. The van der Waals surface area contributed by atoms with Crippen LogP contribution in [0.5, 0.6) is 0 Å². The number of sulfonamides is 1. The largest absolute Gasteiger partial charge is 0.336 e. The van der Waals surface area contributed by atoms with Crippen molar-refractivity contribution in [3.63, 3.8) is 0 Å². The maximum absolute atomic E-state index is 13.2. The SMILES string of the molecule is Cc1noc2ncc(S(=O)(=O)N3CCC(c4cccc5ccccc45)CC3)cc12. The van der Waals surface area contributed by atoms with Gasteiger partial charge in [-0.3, -0.25) is 0 Å². The number of aryl methyl sites for hydroxylation is 1. The molecule has 0 N–H and O–H groups in total. The normalized spacial score (nSPS) is 16.6. The monoisotopic (exact) mass is 407 g/mol. The van der Waals surface area contributed by atoms with E-state index in [0.717, 1.165) is 12.8 Å². The van der Waals surface area contributed by atoms with Crippen LogP contribution in [-0.4, -0.2) is 36.0 Å². The number of rotatable bonds is 3. The number of benzene rings is 2. The lowest BCUT2D eigenvalue weighted by molar-refractivity contribution is 0.320. The summed E-state index contributed by atoms with van der Waals surface area (Å²) in [5.41, 5.74) is 2.30. The van der Waals surface area contributed by atoms with Gasteiger partial charge in [0.05, 0.1) is 17.3 Å². The van der Waals surface area contributed by atoms with E-state index < -0.39 is 10.0 Å². The first kappa shape index (κ1) is 18.3. The van der Waals surface area contributed by atoms with Crippen molar-refractivity contribution in [1.29, 1.82) is 0 Å². The Bertz CT molecular complexity index is 1300. The third-order valence-electron chi connectivity index (χ3n) is 5.84. The minimum Gasteiger partial charge on any atom is -0.336 e. The molecule has 4 aromatic rings. The first-order valence-corrected chi connectivity index (χ1v) is 11.2. The number of nitrogens with zero attached hydrogens (tertiary/aromatic N) is 3. The fourth-order valence-electron chi connectivity index (χ4n) is 4.23. The second kappa shape index (κ2) is 6.93. The summed E-state index contributed by atoms with van der Waals surface area (Å²) in [4.78, 5) is 4.32. The summed E-state index contributed by atoms with van der Waals surface area (Å²) in [7, 11) is -3.59.